The Bertz CT molecular complexity index is 1300. The first-order valence-electron chi connectivity index (χ1n) is 9.98. The molecule has 0 atom stereocenters. The smallest absolute Gasteiger partial charge is 0.339 e. The summed E-state index contributed by atoms with van der Waals surface area (Å²) in [5.41, 5.74) is 0.462. The van der Waals surface area contributed by atoms with Crippen LogP contribution >= 0.6 is 11.3 Å². The van der Waals surface area contributed by atoms with E-state index in [4.69, 9.17) is 9.47 Å². The number of urea groups is 1. The third kappa shape index (κ3) is 4.46. The summed E-state index contributed by atoms with van der Waals surface area (Å²) in [5, 5.41) is 2.36. The molecule has 1 aliphatic rings. The first-order valence-corrected chi connectivity index (χ1v) is 12.3. The van der Waals surface area contributed by atoms with Crippen molar-refractivity contribution in [3.05, 3.63) is 36.2 Å². The summed E-state index contributed by atoms with van der Waals surface area (Å²) in [7, 11) is -1.10. The Labute approximate surface area is 193 Å². The Kier molecular flexibility index (Phi) is 6.42. The lowest BCUT2D eigenvalue weighted by molar-refractivity contribution is 0.0596. The second kappa shape index (κ2) is 9.27. The number of esters is 1. The fraction of sp³-hybridized carbons (Fsp3) is 0.350. The molecule has 3 heterocycles. The third-order valence-corrected chi connectivity index (χ3v) is 8.53. The SMILES string of the molecule is COC(=O)c1ccccc1S(=O)(=O)C1CCN(C(=O)Nc2nc3c(OC)ncnc3s2)CC1. The van der Waals surface area contributed by atoms with Gasteiger partial charge in [-0.1, -0.05) is 23.5 Å². The van der Waals surface area contributed by atoms with E-state index in [1.54, 1.807) is 12.1 Å². The molecule has 0 saturated carbocycles. The lowest BCUT2D eigenvalue weighted by atomic mass is 10.1. The van der Waals surface area contributed by atoms with Gasteiger partial charge in [0, 0.05) is 13.1 Å². The number of carbonyl (C=O) groups excluding carboxylic acids is 2. The van der Waals surface area contributed by atoms with Gasteiger partial charge in [0.1, 0.15) is 6.33 Å². The van der Waals surface area contributed by atoms with Crippen LogP contribution in [0.15, 0.2) is 35.5 Å². The molecule has 2 amide bonds. The minimum atomic E-state index is -3.78. The highest BCUT2D eigenvalue weighted by atomic mass is 32.2. The lowest BCUT2D eigenvalue weighted by Crippen LogP contribution is -2.44. The number of amides is 2. The molecular formula is C20H21N5O6S2. The van der Waals surface area contributed by atoms with E-state index in [0.29, 0.717) is 21.4 Å². The molecule has 174 valence electrons. The van der Waals surface area contributed by atoms with Gasteiger partial charge in [-0.05, 0) is 25.0 Å². The minimum absolute atomic E-state index is 0.00883. The number of rotatable bonds is 5. The second-order valence-electron chi connectivity index (χ2n) is 7.21. The number of anilines is 1. The average Bonchev–Trinajstić information content (AvgIpc) is 3.26. The van der Waals surface area contributed by atoms with Crippen LogP contribution in [0, 0.1) is 0 Å². The average molecular weight is 492 g/mol. The molecule has 0 aliphatic carbocycles. The van der Waals surface area contributed by atoms with Gasteiger partial charge in [-0.15, -0.1) is 0 Å². The van der Waals surface area contributed by atoms with Crippen molar-refractivity contribution in [3.63, 3.8) is 0 Å². The number of benzene rings is 1. The topological polar surface area (TPSA) is 141 Å². The van der Waals surface area contributed by atoms with E-state index >= 15 is 0 Å². The molecule has 33 heavy (non-hydrogen) atoms. The summed E-state index contributed by atoms with van der Waals surface area (Å²) in [6.45, 7) is 0.480. The molecule has 1 aliphatic heterocycles. The number of hydrogen-bond donors (Lipinski definition) is 1. The van der Waals surface area contributed by atoms with E-state index in [2.05, 4.69) is 20.3 Å². The lowest BCUT2D eigenvalue weighted by Gasteiger charge is -2.31. The van der Waals surface area contributed by atoms with Crippen molar-refractivity contribution in [2.24, 2.45) is 0 Å². The van der Waals surface area contributed by atoms with Crippen molar-refractivity contribution in [1.29, 1.82) is 0 Å². The monoisotopic (exact) mass is 491 g/mol. The fourth-order valence-corrected chi connectivity index (χ4v) is 6.35. The van der Waals surface area contributed by atoms with Crippen LogP contribution in [0.25, 0.3) is 10.3 Å². The molecule has 3 aromatic rings. The molecule has 1 aromatic carbocycles. The Hall–Kier alpha value is -3.32. The van der Waals surface area contributed by atoms with Crippen molar-refractivity contribution in [3.8, 4) is 5.88 Å². The Morgan fingerprint density at radius 3 is 2.58 bits per heavy atom. The number of ether oxygens (including phenoxy) is 2. The first-order chi connectivity index (χ1) is 15.8. The van der Waals surface area contributed by atoms with Gasteiger partial charge in [-0.25, -0.2) is 28.0 Å². The summed E-state index contributed by atoms with van der Waals surface area (Å²) >= 11 is 1.19. The van der Waals surface area contributed by atoms with E-state index in [-0.39, 0.29) is 42.4 Å². The largest absolute Gasteiger partial charge is 0.479 e. The Balaban J connectivity index is 1.44. The molecule has 1 N–H and O–H groups in total. The van der Waals surface area contributed by atoms with Gasteiger partial charge >= 0.3 is 12.0 Å². The number of sulfone groups is 1. The highest BCUT2D eigenvalue weighted by molar-refractivity contribution is 7.92. The number of nitrogens with zero attached hydrogens (tertiary/aromatic N) is 4. The van der Waals surface area contributed by atoms with Crippen LogP contribution in [0.3, 0.4) is 0 Å². The number of carbonyl (C=O) groups is 2. The molecule has 1 saturated heterocycles. The summed E-state index contributed by atoms with van der Waals surface area (Å²) < 4.78 is 36.3. The summed E-state index contributed by atoms with van der Waals surface area (Å²) in [6.07, 6.45) is 1.84. The van der Waals surface area contributed by atoms with Crippen molar-refractivity contribution < 1.29 is 27.5 Å². The van der Waals surface area contributed by atoms with E-state index in [1.807, 2.05) is 0 Å². The number of piperidine rings is 1. The normalized spacial score (nSPS) is 14.8. The highest BCUT2D eigenvalue weighted by Crippen LogP contribution is 2.30. The molecule has 0 bridgehead atoms. The number of thiazole rings is 1. The van der Waals surface area contributed by atoms with E-state index in [1.165, 1.54) is 48.9 Å². The van der Waals surface area contributed by atoms with Crippen LogP contribution in [-0.2, 0) is 14.6 Å². The maximum absolute atomic E-state index is 13.2. The molecule has 0 unspecified atom stereocenters. The molecule has 4 rings (SSSR count). The molecule has 1 fully saturated rings. The number of likely N-dealkylation sites (tertiary alicyclic amines) is 1. The number of nitrogens with one attached hydrogen (secondary N) is 1. The molecular weight excluding hydrogens is 470 g/mol. The number of hydrogen-bond acceptors (Lipinski definition) is 10. The molecule has 0 radical (unpaired) electrons. The van der Waals surface area contributed by atoms with E-state index in [9.17, 15) is 18.0 Å². The third-order valence-electron chi connectivity index (χ3n) is 5.34. The van der Waals surface area contributed by atoms with Gasteiger partial charge in [-0.3, -0.25) is 5.32 Å². The van der Waals surface area contributed by atoms with E-state index < -0.39 is 21.1 Å². The Morgan fingerprint density at radius 1 is 1.15 bits per heavy atom. The quantitative estimate of drug-likeness (QED) is 0.532. The van der Waals surface area contributed by atoms with Crippen LogP contribution in [0.1, 0.15) is 23.2 Å². The summed E-state index contributed by atoms with van der Waals surface area (Å²) in [6, 6.07) is 5.61. The highest BCUT2D eigenvalue weighted by Gasteiger charge is 2.35. The molecule has 11 nitrogen and oxygen atoms in total. The predicted molar refractivity (Wildman–Crippen MR) is 120 cm³/mol. The van der Waals surface area contributed by atoms with E-state index in [0.717, 1.165) is 0 Å². The van der Waals surface area contributed by atoms with Crippen molar-refractivity contribution in [2.75, 3.05) is 32.6 Å². The van der Waals surface area contributed by atoms with Crippen LogP contribution in [0.5, 0.6) is 5.88 Å². The predicted octanol–water partition coefficient (Wildman–Crippen LogP) is 2.35. The van der Waals surface area contributed by atoms with Crippen LogP contribution < -0.4 is 10.1 Å². The summed E-state index contributed by atoms with van der Waals surface area (Å²) in [5.74, 6) is -0.391. The van der Waals surface area contributed by atoms with Gasteiger partial charge in [0.2, 0.25) is 5.88 Å². The van der Waals surface area contributed by atoms with Crippen LogP contribution in [-0.4, -0.2) is 72.8 Å². The number of methoxy groups -OCH3 is 2. The molecule has 0 spiro atoms. The zero-order valence-electron chi connectivity index (χ0n) is 17.8. The van der Waals surface area contributed by atoms with Crippen molar-refractivity contribution in [1.82, 2.24) is 19.9 Å². The first kappa shape index (κ1) is 22.9. The van der Waals surface area contributed by atoms with Crippen molar-refractivity contribution in [2.45, 2.75) is 23.0 Å². The zero-order chi connectivity index (χ0) is 23.6. The second-order valence-corrected chi connectivity index (χ2v) is 10.4. The standard InChI is InChI=1S/C20H21N5O6S2/c1-30-16-15-17(22-11-21-16)32-19(23-15)24-20(27)25-9-7-12(8-10-25)33(28,29)14-6-4-3-5-13(14)18(26)31-2/h3-6,11-12H,7-10H2,1-2H3,(H,23,24,27). The number of aromatic nitrogens is 3. The molecule has 2 aromatic heterocycles. The van der Waals surface area contributed by atoms with Gasteiger partial charge in [0.05, 0.1) is 29.9 Å². The maximum Gasteiger partial charge on any atom is 0.339 e. The fourth-order valence-electron chi connectivity index (χ4n) is 3.65. The molecule has 13 heteroatoms. The Morgan fingerprint density at radius 2 is 1.88 bits per heavy atom. The maximum atomic E-state index is 13.2. The van der Waals surface area contributed by atoms with Crippen LogP contribution in [0.4, 0.5) is 9.93 Å². The van der Waals surface area contributed by atoms with Gasteiger partial charge in [0.25, 0.3) is 0 Å². The van der Waals surface area contributed by atoms with Gasteiger partial charge in [-0.2, -0.15) is 4.98 Å². The number of fused-ring (bicyclic) bond motifs is 1. The minimum Gasteiger partial charge on any atom is -0.479 e. The van der Waals surface area contributed by atoms with Crippen molar-refractivity contribution >= 4 is 48.7 Å². The van der Waals surface area contributed by atoms with Gasteiger partial charge in [0.15, 0.2) is 25.3 Å². The summed E-state index contributed by atoms with van der Waals surface area (Å²) in [4.78, 5) is 39.2. The zero-order valence-corrected chi connectivity index (χ0v) is 19.5. The van der Waals surface area contributed by atoms with Gasteiger partial charge < -0.3 is 14.4 Å². The van der Waals surface area contributed by atoms with Crippen LogP contribution in [0.2, 0.25) is 0 Å².